The Hall–Kier alpha value is -0.0800. The van der Waals surface area contributed by atoms with Crippen molar-refractivity contribution in [3.63, 3.8) is 0 Å². The Kier molecular flexibility index (Phi) is 1.50. The van der Waals surface area contributed by atoms with E-state index in [1.165, 1.54) is 38.5 Å². The van der Waals surface area contributed by atoms with Gasteiger partial charge in [-0.2, -0.15) is 0 Å². The Labute approximate surface area is 73.2 Å². The van der Waals surface area contributed by atoms with Crippen molar-refractivity contribution in [2.24, 2.45) is 5.92 Å². The van der Waals surface area contributed by atoms with Crippen LogP contribution in [0.2, 0.25) is 0 Å². The molecule has 1 heterocycles. The van der Waals surface area contributed by atoms with Gasteiger partial charge in [0.1, 0.15) is 0 Å². The third-order valence-electron chi connectivity index (χ3n) is 3.36. The summed E-state index contributed by atoms with van der Waals surface area (Å²) in [5.41, 5.74) is 0. The summed E-state index contributed by atoms with van der Waals surface area (Å²) in [6, 6.07) is 0. The fourth-order valence-electron chi connectivity index (χ4n) is 2.53. The topological polar surface area (TPSA) is 18.5 Å². The van der Waals surface area contributed by atoms with Crippen molar-refractivity contribution in [1.82, 2.24) is 0 Å². The summed E-state index contributed by atoms with van der Waals surface area (Å²) in [4.78, 5) is 0. The van der Waals surface area contributed by atoms with Crippen molar-refractivity contribution < 1.29 is 9.47 Å². The molecule has 0 aromatic rings. The highest BCUT2D eigenvalue weighted by atomic mass is 16.9. The summed E-state index contributed by atoms with van der Waals surface area (Å²) in [7, 11) is 0. The molecule has 0 unspecified atom stereocenters. The van der Waals surface area contributed by atoms with Gasteiger partial charge in [-0.25, -0.2) is 0 Å². The zero-order chi connectivity index (χ0) is 8.02. The zero-order valence-electron chi connectivity index (χ0n) is 7.34. The molecule has 0 amide bonds. The third-order valence-corrected chi connectivity index (χ3v) is 3.36. The monoisotopic (exact) mass is 167 g/mol. The van der Waals surface area contributed by atoms with Gasteiger partial charge in [-0.1, -0.05) is 12.8 Å². The molecule has 3 aliphatic rings. The lowest BCUT2D eigenvalue weighted by atomic mass is 9.91. The Morgan fingerprint density at radius 3 is 2.17 bits per heavy atom. The van der Waals surface area contributed by atoms with Gasteiger partial charge in [-0.3, -0.25) is 0 Å². The summed E-state index contributed by atoms with van der Waals surface area (Å²) in [6.07, 6.45) is 7.80. The minimum Gasteiger partial charge on any atom is -0.323 e. The molecule has 1 radical (unpaired) electrons. The molecule has 0 aromatic heterocycles. The summed E-state index contributed by atoms with van der Waals surface area (Å²) in [6.45, 7) is 0.528. The maximum absolute atomic E-state index is 5.67. The minimum absolute atomic E-state index is 0.170. The molecule has 0 N–H and O–H groups in total. The van der Waals surface area contributed by atoms with Crippen LogP contribution in [0, 0.1) is 11.8 Å². The minimum atomic E-state index is -0.170. The van der Waals surface area contributed by atoms with Crippen molar-refractivity contribution in [3.8, 4) is 0 Å². The Balaban J connectivity index is 1.76. The van der Waals surface area contributed by atoms with E-state index >= 15 is 0 Å². The lowest BCUT2D eigenvalue weighted by Gasteiger charge is -2.45. The van der Waals surface area contributed by atoms with Gasteiger partial charge >= 0.3 is 0 Å². The molecule has 2 aliphatic carbocycles. The average molecular weight is 167 g/mol. The quantitative estimate of drug-likeness (QED) is 0.628. The molecule has 12 heavy (non-hydrogen) atoms. The van der Waals surface area contributed by atoms with E-state index in [0.717, 1.165) is 0 Å². The summed E-state index contributed by atoms with van der Waals surface area (Å²) in [5.74, 6) is 2.09. The molecule has 2 saturated carbocycles. The van der Waals surface area contributed by atoms with E-state index in [1.807, 2.05) is 0 Å². The van der Waals surface area contributed by atoms with Gasteiger partial charge in [0.05, 0.1) is 0 Å². The molecule has 3 rings (SSSR count). The van der Waals surface area contributed by atoms with Gasteiger partial charge in [0.15, 0.2) is 12.6 Å². The Morgan fingerprint density at radius 2 is 1.75 bits per heavy atom. The first-order valence-electron chi connectivity index (χ1n) is 5.05. The lowest BCUT2D eigenvalue weighted by Crippen LogP contribution is -2.52. The van der Waals surface area contributed by atoms with Crippen LogP contribution in [0.25, 0.3) is 0 Å². The van der Waals surface area contributed by atoms with E-state index in [4.69, 9.17) is 9.47 Å². The number of hydrogen-bond acceptors (Lipinski definition) is 2. The fourth-order valence-corrected chi connectivity index (χ4v) is 2.53. The number of rotatable bonds is 2. The van der Waals surface area contributed by atoms with Gasteiger partial charge in [-0.15, -0.1) is 0 Å². The first-order chi connectivity index (χ1) is 5.92. The van der Waals surface area contributed by atoms with Crippen molar-refractivity contribution in [1.29, 1.82) is 0 Å². The van der Waals surface area contributed by atoms with Gasteiger partial charge in [0, 0.05) is 11.8 Å². The van der Waals surface area contributed by atoms with Crippen LogP contribution in [0.15, 0.2) is 0 Å². The Morgan fingerprint density at radius 1 is 1.08 bits per heavy atom. The van der Waals surface area contributed by atoms with Crippen LogP contribution >= 0.6 is 0 Å². The van der Waals surface area contributed by atoms with Crippen molar-refractivity contribution in [2.75, 3.05) is 6.79 Å². The molecule has 3 fully saturated rings. The van der Waals surface area contributed by atoms with Crippen LogP contribution in [0.5, 0.6) is 0 Å². The summed E-state index contributed by atoms with van der Waals surface area (Å²) < 4.78 is 11.3. The maximum Gasteiger partial charge on any atom is 0.183 e. The van der Waals surface area contributed by atoms with Crippen LogP contribution in [0.3, 0.4) is 0 Å². The SMILES string of the molecule is C1CC[C](C2(C3CC3)OCO2)C1. The second-order valence-electron chi connectivity index (χ2n) is 4.16. The third kappa shape index (κ3) is 0.882. The normalized spacial score (nSPS) is 35.0. The zero-order valence-corrected chi connectivity index (χ0v) is 7.34. The predicted molar refractivity (Wildman–Crippen MR) is 44.2 cm³/mol. The van der Waals surface area contributed by atoms with E-state index in [2.05, 4.69) is 0 Å². The largest absolute Gasteiger partial charge is 0.323 e. The number of hydrogen-bond donors (Lipinski definition) is 0. The predicted octanol–water partition coefficient (Wildman–Crippen LogP) is 2.25. The van der Waals surface area contributed by atoms with E-state index < -0.39 is 0 Å². The molecule has 2 nitrogen and oxygen atoms in total. The highest BCUT2D eigenvalue weighted by Gasteiger charge is 2.57. The highest BCUT2D eigenvalue weighted by Crippen LogP contribution is 2.55. The highest BCUT2D eigenvalue weighted by molar-refractivity contribution is 5.14. The molecule has 2 heteroatoms. The van der Waals surface area contributed by atoms with Crippen molar-refractivity contribution in [2.45, 2.75) is 44.3 Å². The van der Waals surface area contributed by atoms with Gasteiger partial charge in [0.25, 0.3) is 0 Å². The van der Waals surface area contributed by atoms with Crippen LogP contribution in [0.1, 0.15) is 38.5 Å². The van der Waals surface area contributed by atoms with Crippen LogP contribution < -0.4 is 0 Å². The second-order valence-corrected chi connectivity index (χ2v) is 4.16. The van der Waals surface area contributed by atoms with Crippen molar-refractivity contribution in [3.05, 3.63) is 5.92 Å². The van der Waals surface area contributed by atoms with E-state index in [9.17, 15) is 0 Å². The number of ether oxygens (including phenoxy) is 2. The second kappa shape index (κ2) is 2.46. The molecular weight excluding hydrogens is 152 g/mol. The molecule has 0 atom stereocenters. The standard InChI is InChI=1S/C10H15O2/c1-2-4-8(3-1)10(9-5-6-9)11-7-12-10/h9H,1-7H2. The van der Waals surface area contributed by atoms with Crippen LogP contribution in [-0.2, 0) is 9.47 Å². The van der Waals surface area contributed by atoms with E-state index in [1.54, 1.807) is 5.92 Å². The molecule has 0 aromatic carbocycles. The van der Waals surface area contributed by atoms with Gasteiger partial charge < -0.3 is 9.47 Å². The van der Waals surface area contributed by atoms with Gasteiger partial charge in [0.2, 0.25) is 0 Å². The first-order valence-corrected chi connectivity index (χ1v) is 5.05. The summed E-state index contributed by atoms with van der Waals surface area (Å²) >= 11 is 0. The van der Waals surface area contributed by atoms with Crippen LogP contribution in [0.4, 0.5) is 0 Å². The first kappa shape index (κ1) is 7.34. The smallest absolute Gasteiger partial charge is 0.183 e. The molecule has 67 valence electrons. The van der Waals surface area contributed by atoms with Gasteiger partial charge in [-0.05, 0) is 25.7 Å². The van der Waals surface area contributed by atoms with E-state index in [-0.39, 0.29) is 5.79 Å². The van der Waals surface area contributed by atoms with Crippen LogP contribution in [-0.4, -0.2) is 12.6 Å². The molecule has 1 aliphatic heterocycles. The maximum atomic E-state index is 5.67. The lowest BCUT2D eigenvalue weighted by molar-refractivity contribution is -0.398. The fraction of sp³-hybridized carbons (Fsp3) is 0.900. The molecule has 1 saturated heterocycles. The van der Waals surface area contributed by atoms with E-state index in [0.29, 0.717) is 12.7 Å². The average Bonchev–Trinajstić information content (AvgIpc) is 2.64. The molecular formula is C10H15O2. The molecule has 0 spiro atoms. The molecule has 0 bridgehead atoms. The summed E-state index contributed by atoms with van der Waals surface area (Å²) in [5, 5.41) is 0. The van der Waals surface area contributed by atoms with Crippen molar-refractivity contribution >= 4 is 0 Å². The Bertz CT molecular complexity index is 176.